The molecule has 0 atom stereocenters. The number of hydrogen-bond acceptors (Lipinski definition) is 5. The molecule has 1 heterocycles. The van der Waals surface area contributed by atoms with Crippen LogP contribution in [0.1, 0.15) is 32.9 Å². The number of aryl methyl sites for hydroxylation is 2. The van der Waals surface area contributed by atoms with Crippen molar-refractivity contribution in [3.05, 3.63) is 76.7 Å². The number of carbonyl (C=O) groups excluding carboxylic acids is 1. The van der Waals surface area contributed by atoms with Gasteiger partial charge in [-0.05, 0) is 56.3 Å². The fourth-order valence-corrected chi connectivity index (χ4v) is 2.44. The zero-order chi connectivity index (χ0) is 18.5. The highest BCUT2D eigenvalue weighted by Gasteiger charge is 2.10. The Balaban J connectivity index is 1.63. The van der Waals surface area contributed by atoms with Gasteiger partial charge in [0.25, 0.3) is 5.91 Å². The van der Waals surface area contributed by atoms with E-state index in [0.29, 0.717) is 29.2 Å². The Bertz CT molecular complexity index is 949. The van der Waals surface area contributed by atoms with Gasteiger partial charge in [-0.15, -0.1) is 0 Å². The summed E-state index contributed by atoms with van der Waals surface area (Å²) in [5.41, 5.74) is 3.29. The van der Waals surface area contributed by atoms with Gasteiger partial charge in [0.2, 0.25) is 0 Å². The highest BCUT2D eigenvalue weighted by Crippen LogP contribution is 2.19. The van der Waals surface area contributed by atoms with Gasteiger partial charge in [0, 0.05) is 11.3 Å². The van der Waals surface area contributed by atoms with Crippen molar-refractivity contribution >= 4 is 11.6 Å². The van der Waals surface area contributed by atoms with Gasteiger partial charge in [-0.2, -0.15) is 5.26 Å². The number of ether oxygens (including phenoxy) is 1. The molecule has 26 heavy (non-hydrogen) atoms. The third kappa shape index (κ3) is 3.90. The van der Waals surface area contributed by atoms with Crippen molar-refractivity contribution in [1.29, 1.82) is 5.26 Å². The monoisotopic (exact) mass is 347 g/mol. The van der Waals surface area contributed by atoms with Gasteiger partial charge in [0.1, 0.15) is 18.1 Å². The molecule has 1 aromatic heterocycles. The molecule has 3 rings (SSSR count). The topological polar surface area (TPSA) is 88.2 Å². The van der Waals surface area contributed by atoms with Gasteiger partial charge in [-0.1, -0.05) is 11.2 Å². The van der Waals surface area contributed by atoms with E-state index in [2.05, 4.69) is 10.5 Å². The molecule has 0 bridgehead atoms. The molecular weight excluding hydrogens is 330 g/mol. The lowest BCUT2D eigenvalue weighted by atomic mass is 10.1. The van der Waals surface area contributed by atoms with Crippen LogP contribution in [0.25, 0.3) is 0 Å². The quantitative estimate of drug-likeness (QED) is 0.754. The molecule has 0 radical (unpaired) electrons. The number of rotatable bonds is 5. The van der Waals surface area contributed by atoms with Gasteiger partial charge in [0.15, 0.2) is 0 Å². The maximum absolute atomic E-state index is 12.3. The smallest absolute Gasteiger partial charge is 0.255 e. The molecule has 0 saturated heterocycles. The highest BCUT2D eigenvalue weighted by atomic mass is 16.5. The second-order valence-corrected chi connectivity index (χ2v) is 5.76. The van der Waals surface area contributed by atoms with Crippen molar-refractivity contribution in [1.82, 2.24) is 5.16 Å². The second kappa shape index (κ2) is 7.53. The van der Waals surface area contributed by atoms with Crippen molar-refractivity contribution in [2.75, 3.05) is 5.32 Å². The average molecular weight is 347 g/mol. The normalized spacial score (nSPS) is 10.2. The molecule has 2 aromatic carbocycles. The van der Waals surface area contributed by atoms with E-state index < -0.39 is 0 Å². The predicted octanol–water partition coefficient (Wildman–Crippen LogP) is 3.99. The van der Waals surface area contributed by atoms with Gasteiger partial charge in [-0.3, -0.25) is 4.79 Å². The molecule has 130 valence electrons. The Kier molecular flexibility index (Phi) is 4.99. The summed E-state index contributed by atoms with van der Waals surface area (Å²) in [6.45, 7) is 4.06. The first-order valence-electron chi connectivity index (χ1n) is 8.03. The summed E-state index contributed by atoms with van der Waals surface area (Å²) < 4.78 is 10.8. The van der Waals surface area contributed by atoms with Crippen LogP contribution in [0.15, 0.2) is 53.1 Å². The number of nitriles is 1. The molecular formula is C20H17N3O3. The van der Waals surface area contributed by atoms with E-state index in [0.717, 1.165) is 17.0 Å². The molecule has 6 heteroatoms. The molecule has 0 aliphatic carbocycles. The minimum Gasteiger partial charge on any atom is -0.489 e. The van der Waals surface area contributed by atoms with E-state index in [1.165, 1.54) is 0 Å². The molecule has 0 aliphatic rings. The van der Waals surface area contributed by atoms with Crippen molar-refractivity contribution in [2.45, 2.75) is 20.5 Å². The van der Waals surface area contributed by atoms with Crippen LogP contribution >= 0.6 is 0 Å². The van der Waals surface area contributed by atoms with Crippen molar-refractivity contribution < 1.29 is 14.1 Å². The Morgan fingerprint density at radius 3 is 2.65 bits per heavy atom. The Morgan fingerprint density at radius 1 is 1.23 bits per heavy atom. The van der Waals surface area contributed by atoms with E-state index in [9.17, 15) is 4.79 Å². The van der Waals surface area contributed by atoms with Crippen LogP contribution in [0, 0.1) is 25.2 Å². The van der Waals surface area contributed by atoms with E-state index in [1.807, 2.05) is 19.9 Å². The van der Waals surface area contributed by atoms with Crippen molar-refractivity contribution in [3.8, 4) is 11.8 Å². The number of carbonyl (C=O) groups is 1. The SMILES string of the molecule is Cc1noc(C)c1COc1ccc(C(=O)Nc2cccc(C#N)c2)cc1. The van der Waals surface area contributed by atoms with Gasteiger partial charge in [0.05, 0.1) is 22.9 Å². The zero-order valence-electron chi connectivity index (χ0n) is 14.4. The molecule has 0 unspecified atom stereocenters. The minimum absolute atomic E-state index is 0.252. The zero-order valence-corrected chi connectivity index (χ0v) is 14.4. The molecule has 0 fully saturated rings. The van der Waals surface area contributed by atoms with Gasteiger partial charge < -0.3 is 14.6 Å². The summed E-state index contributed by atoms with van der Waals surface area (Å²) in [6, 6.07) is 15.6. The van der Waals surface area contributed by atoms with Crippen LogP contribution in [-0.4, -0.2) is 11.1 Å². The summed E-state index contributed by atoms with van der Waals surface area (Å²) in [4.78, 5) is 12.3. The summed E-state index contributed by atoms with van der Waals surface area (Å²) in [5, 5.41) is 15.6. The van der Waals surface area contributed by atoms with Gasteiger partial charge in [-0.25, -0.2) is 0 Å². The summed E-state index contributed by atoms with van der Waals surface area (Å²) in [5.74, 6) is 1.13. The number of benzene rings is 2. The van der Waals surface area contributed by atoms with Gasteiger partial charge >= 0.3 is 0 Å². The fourth-order valence-electron chi connectivity index (χ4n) is 2.44. The first-order valence-corrected chi connectivity index (χ1v) is 8.03. The second-order valence-electron chi connectivity index (χ2n) is 5.76. The van der Waals surface area contributed by atoms with E-state index in [1.54, 1.807) is 48.5 Å². The standard InChI is InChI=1S/C20H17N3O3/c1-13-19(14(2)26-23-13)12-25-18-8-6-16(7-9-18)20(24)22-17-5-3-4-15(10-17)11-21/h3-10H,12H2,1-2H3,(H,22,24). The third-order valence-corrected chi connectivity index (χ3v) is 3.93. The lowest BCUT2D eigenvalue weighted by Crippen LogP contribution is -2.11. The van der Waals surface area contributed by atoms with Crippen molar-refractivity contribution in [2.24, 2.45) is 0 Å². The molecule has 3 aromatic rings. The lowest BCUT2D eigenvalue weighted by molar-refractivity contribution is 0.102. The van der Waals surface area contributed by atoms with Crippen LogP contribution in [0.3, 0.4) is 0 Å². The number of nitrogens with one attached hydrogen (secondary N) is 1. The number of hydrogen-bond donors (Lipinski definition) is 1. The number of anilines is 1. The maximum atomic E-state index is 12.3. The lowest BCUT2D eigenvalue weighted by Gasteiger charge is -2.08. The minimum atomic E-state index is -0.252. The first-order chi connectivity index (χ1) is 12.6. The largest absolute Gasteiger partial charge is 0.489 e. The average Bonchev–Trinajstić information content (AvgIpc) is 2.98. The summed E-state index contributed by atoms with van der Waals surface area (Å²) in [6.07, 6.45) is 0. The Morgan fingerprint density at radius 2 is 2.00 bits per heavy atom. The molecule has 0 spiro atoms. The van der Waals surface area contributed by atoms with E-state index in [4.69, 9.17) is 14.5 Å². The number of amides is 1. The van der Waals surface area contributed by atoms with Crippen LogP contribution in [0.5, 0.6) is 5.75 Å². The Labute approximate surface area is 151 Å². The number of nitrogens with zero attached hydrogens (tertiary/aromatic N) is 2. The fraction of sp³-hybridized carbons (Fsp3) is 0.150. The Hall–Kier alpha value is -3.59. The molecule has 0 saturated carbocycles. The molecule has 6 nitrogen and oxygen atoms in total. The summed E-state index contributed by atoms with van der Waals surface area (Å²) in [7, 11) is 0. The van der Waals surface area contributed by atoms with E-state index >= 15 is 0 Å². The predicted molar refractivity (Wildman–Crippen MR) is 95.9 cm³/mol. The molecule has 1 amide bonds. The molecule has 0 aliphatic heterocycles. The summed E-state index contributed by atoms with van der Waals surface area (Å²) >= 11 is 0. The third-order valence-electron chi connectivity index (χ3n) is 3.93. The van der Waals surface area contributed by atoms with Crippen LogP contribution < -0.4 is 10.1 Å². The van der Waals surface area contributed by atoms with Crippen LogP contribution in [0.2, 0.25) is 0 Å². The number of aromatic nitrogens is 1. The van der Waals surface area contributed by atoms with Crippen molar-refractivity contribution in [3.63, 3.8) is 0 Å². The highest BCUT2D eigenvalue weighted by molar-refractivity contribution is 6.04. The first kappa shape index (κ1) is 17.2. The van der Waals surface area contributed by atoms with Crippen LogP contribution in [0.4, 0.5) is 5.69 Å². The van der Waals surface area contributed by atoms with Crippen LogP contribution in [-0.2, 0) is 6.61 Å². The maximum Gasteiger partial charge on any atom is 0.255 e. The molecule has 1 N–H and O–H groups in total. The van der Waals surface area contributed by atoms with E-state index in [-0.39, 0.29) is 5.91 Å².